The molecule has 2 unspecified atom stereocenters. The molecule has 0 spiro atoms. The van der Waals surface area contributed by atoms with Gasteiger partial charge in [0.15, 0.2) is 0 Å². The van der Waals surface area contributed by atoms with Crippen LogP contribution in [-0.2, 0) is 45.1 Å². The van der Waals surface area contributed by atoms with Crippen molar-refractivity contribution in [3.63, 3.8) is 0 Å². The van der Waals surface area contributed by atoms with E-state index >= 15 is 0 Å². The Morgan fingerprint density at radius 2 is 1.38 bits per heavy atom. The van der Waals surface area contributed by atoms with Crippen LogP contribution in [-0.4, -0.2) is 54.0 Å². The lowest BCUT2D eigenvalue weighted by Crippen LogP contribution is -2.55. The van der Waals surface area contributed by atoms with Gasteiger partial charge in [0.05, 0.1) is 7.11 Å². The van der Waals surface area contributed by atoms with Crippen LogP contribution < -0.4 is 20.7 Å². The molecule has 10 heteroatoms. The lowest BCUT2D eigenvalue weighted by Gasteiger charge is -2.24. The molecule has 5 rings (SSSR count). The van der Waals surface area contributed by atoms with Gasteiger partial charge < -0.3 is 30.0 Å². The number of Topliss-reactive ketones (excluding diaryl/α,β-unsaturated/α-hetero) is 1. The molecule has 4 aromatic carbocycles. The fraction of sp³-hybridized carbons (Fsp3) is 0.286. The Balaban J connectivity index is 1.26. The third kappa shape index (κ3) is 10.6. The minimum Gasteiger partial charge on any atom is -0.497 e. The lowest BCUT2D eigenvalue weighted by atomic mass is 9.99. The highest BCUT2D eigenvalue weighted by Gasteiger charge is 2.31. The van der Waals surface area contributed by atoms with E-state index in [1.165, 1.54) is 5.56 Å². The van der Waals surface area contributed by atoms with Gasteiger partial charge in [-0.05, 0) is 59.2 Å². The third-order valence-corrected chi connectivity index (χ3v) is 8.73. The van der Waals surface area contributed by atoms with E-state index in [4.69, 9.17) is 9.47 Å². The second kappa shape index (κ2) is 18.4. The monoisotopic (exact) mass is 702 g/mol. The van der Waals surface area contributed by atoms with Gasteiger partial charge in [0, 0.05) is 36.6 Å². The summed E-state index contributed by atoms with van der Waals surface area (Å²) in [5.41, 5.74) is 4.82. The summed E-state index contributed by atoms with van der Waals surface area (Å²) >= 11 is 0. The third-order valence-electron chi connectivity index (χ3n) is 8.73. The second-order valence-corrected chi connectivity index (χ2v) is 13.2. The predicted molar refractivity (Wildman–Crippen MR) is 201 cm³/mol. The van der Waals surface area contributed by atoms with Crippen molar-refractivity contribution in [2.24, 2.45) is 5.92 Å². The maximum absolute atomic E-state index is 13.7. The zero-order valence-corrected chi connectivity index (χ0v) is 29.8. The van der Waals surface area contributed by atoms with Crippen LogP contribution in [0.1, 0.15) is 42.5 Å². The summed E-state index contributed by atoms with van der Waals surface area (Å²) in [5.74, 6) is -1.51. The molecule has 2 atom stereocenters. The number of hydrogen-bond acceptors (Lipinski definition) is 6. The zero-order valence-electron chi connectivity index (χ0n) is 29.8. The van der Waals surface area contributed by atoms with Gasteiger partial charge in [-0.3, -0.25) is 14.4 Å². The van der Waals surface area contributed by atoms with Crippen molar-refractivity contribution in [2.45, 2.75) is 58.3 Å². The number of carbonyl (C=O) groups is 4. The van der Waals surface area contributed by atoms with Crippen LogP contribution in [0.15, 0.2) is 115 Å². The van der Waals surface area contributed by atoms with Gasteiger partial charge in [-0.15, -0.1) is 0 Å². The fourth-order valence-electron chi connectivity index (χ4n) is 6.08. The minimum atomic E-state index is -1.19. The van der Waals surface area contributed by atoms with Crippen LogP contribution in [0.4, 0.5) is 4.79 Å². The summed E-state index contributed by atoms with van der Waals surface area (Å²) in [6, 6.07) is 32.4. The largest absolute Gasteiger partial charge is 0.497 e. The molecule has 0 bridgehead atoms. The maximum atomic E-state index is 13.7. The van der Waals surface area contributed by atoms with Gasteiger partial charge in [0.1, 0.15) is 24.4 Å². The van der Waals surface area contributed by atoms with E-state index in [1.54, 1.807) is 31.4 Å². The molecule has 3 amide bonds. The first-order valence-corrected chi connectivity index (χ1v) is 17.5. The Bertz CT molecular complexity index is 1940. The average Bonchev–Trinajstić information content (AvgIpc) is 3.50. The second-order valence-electron chi connectivity index (χ2n) is 13.2. The number of ether oxygens (including phenoxy) is 2. The lowest BCUT2D eigenvalue weighted by molar-refractivity contribution is -0.140. The highest BCUT2D eigenvalue weighted by atomic mass is 16.5. The highest BCUT2D eigenvalue weighted by molar-refractivity contribution is 6.38. The predicted octanol–water partition coefficient (Wildman–Crippen LogP) is 5.99. The van der Waals surface area contributed by atoms with Crippen LogP contribution in [0.25, 0.3) is 10.9 Å². The fourth-order valence-corrected chi connectivity index (χ4v) is 6.08. The van der Waals surface area contributed by atoms with E-state index in [2.05, 4.69) is 51.0 Å². The van der Waals surface area contributed by atoms with Crippen LogP contribution in [0.3, 0.4) is 0 Å². The summed E-state index contributed by atoms with van der Waals surface area (Å²) in [7, 11) is 1.56. The molecule has 0 aliphatic rings. The quantitative estimate of drug-likeness (QED) is 0.102. The van der Waals surface area contributed by atoms with Gasteiger partial charge in [-0.1, -0.05) is 105 Å². The van der Waals surface area contributed by atoms with Crippen molar-refractivity contribution in [3.8, 4) is 5.75 Å². The molecule has 0 aliphatic carbocycles. The van der Waals surface area contributed by atoms with Gasteiger partial charge >= 0.3 is 6.09 Å². The molecular formula is C42H46N4O6. The van der Waals surface area contributed by atoms with E-state index in [9.17, 15) is 19.2 Å². The number of para-hydroxylation sites is 1. The molecule has 3 N–H and O–H groups in total. The standard InChI is InChI=1S/C42H46N4O6/c1-29(2)24-37(45-42(50)52-28-32-14-8-5-9-15-32)40(48)44-36(25-30-18-20-34(51-3)21-19-30)39(47)41(49)43-23-22-33-27-46(26-31-12-6-4-7-13-31)38-17-11-10-16-35(33)38/h4-21,27,29,36-37H,22-26,28H2,1-3H3,(H,43,49)(H,44,48)(H,45,50). The normalized spacial score (nSPS) is 12.2. The van der Waals surface area contributed by atoms with Gasteiger partial charge in [0.25, 0.3) is 5.91 Å². The maximum Gasteiger partial charge on any atom is 0.408 e. The molecule has 0 saturated carbocycles. The molecular weight excluding hydrogens is 656 g/mol. The van der Waals surface area contributed by atoms with Crippen LogP contribution in [0.5, 0.6) is 5.75 Å². The highest BCUT2D eigenvalue weighted by Crippen LogP contribution is 2.23. The molecule has 10 nitrogen and oxygen atoms in total. The van der Waals surface area contributed by atoms with Gasteiger partial charge in [-0.25, -0.2) is 4.79 Å². The van der Waals surface area contributed by atoms with Gasteiger partial charge in [0.2, 0.25) is 11.7 Å². The summed E-state index contributed by atoms with van der Waals surface area (Å²) in [5, 5.41) is 9.27. The van der Waals surface area contributed by atoms with Crippen molar-refractivity contribution >= 4 is 34.6 Å². The molecule has 0 fully saturated rings. The first kappa shape index (κ1) is 37.4. The molecule has 52 heavy (non-hydrogen) atoms. The van der Waals surface area contributed by atoms with E-state index in [0.29, 0.717) is 30.7 Å². The average molecular weight is 703 g/mol. The van der Waals surface area contributed by atoms with Crippen molar-refractivity contribution in [2.75, 3.05) is 13.7 Å². The molecule has 270 valence electrons. The van der Waals surface area contributed by atoms with E-state index in [-0.39, 0.29) is 25.5 Å². The summed E-state index contributed by atoms with van der Waals surface area (Å²) in [4.78, 5) is 53.5. The van der Waals surface area contributed by atoms with Crippen molar-refractivity contribution in [1.82, 2.24) is 20.5 Å². The number of carbonyl (C=O) groups excluding carboxylic acids is 4. The Morgan fingerprint density at radius 3 is 2.06 bits per heavy atom. The van der Waals surface area contributed by atoms with Crippen molar-refractivity contribution < 1.29 is 28.7 Å². The SMILES string of the molecule is COc1ccc(CC(NC(=O)C(CC(C)C)NC(=O)OCc2ccccc2)C(=O)C(=O)NCCc2cn(Cc3ccccc3)c3ccccc23)cc1. The number of fused-ring (bicyclic) bond motifs is 1. The summed E-state index contributed by atoms with van der Waals surface area (Å²) < 4.78 is 12.8. The molecule has 5 aromatic rings. The molecule has 1 aromatic heterocycles. The van der Waals surface area contributed by atoms with E-state index in [1.807, 2.05) is 74.5 Å². The number of nitrogens with one attached hydrogen (secondary N) is 3. The summed E-state index contributed by atoms with van der Waals surface area (Å²) in [6.45, 7) is 4.80. The zero-order chi connectivity index (χ0) is 36.9. The number of ketones is 1. The van der Waals surface area contributed by atoms with Crippen molar-refractivity contribution in [1.29, 1.82) is 0 Å². The number of methoxy groups -OCH3 is 1. The number of rotatable bonds is 17. The van der Waals surface area contributed by atoms with Crippen LogP contribution >= 0.6 is 0 Å². The Kier molecular flexibility index (Phi) is 13.2. The number of aromatic nitrogens is 1. The number of amides is 3. The van der Waals surface area contributed by atoms with E-state index in [0.717, 1.165) is 22.0 Å². The van der Waals surface area contributed by atoms with E-state index < -0.39 is 35.8 Å². The molecule has 0 aliphatic heterocycles. The number of nitrogens with zero attached hydrogens (tertiary/aromatic N) is 1. The number of hydrogen-bond donors (Lipinski definition) is 3. The topological polar surface area (TPSA) is 128 Å². The van der Waals surface area contributed by atoms with Crippen LogP contribution in [0.2, 0.25) is 0 Å². The van der Waals surface area contributed by atoms with Gasteiger partial charge in [-0.2, -0.15) is 0 Å². The first-order chi connectivity index (χ1) is 25.2. The number of benzene rings is 4. The van der Waals surface area contributed by atoms with Crippen LogP contribution in [0, 0.1) is 5.92 Å². The Labute approximate surface area is 304 Å². The molecule has 0 radical (unpaired) electrons. The van der Waals surface area contributed by atoms with Crippen molar-refractivity contribution in [3.05, 3.63) is 138 Å². The summed E-state index contributed by atoms with van der Waals surface area (Å²) in [6.07, 6.45) is 2.18. The molecule has 0 saturated heterocycles. The minimum absolute atomic E-state index is 0.0304. The first-order valence-electron chi connectivity index (χ1n) is 17.5. The number of alkyl carbamates (subject to hydrolysis) is 1. The smallest absolute Gasteiger partial charge is 0.408 e. The Hall–Kier alpha value is -5.90. The molecule has 1 heterocycles. The Morgan fingerprint density at radius 1 is 0.731 bits per heavy atom.